The van der Waals surface area contributed by atoms with Gasteiger partial charge in [-0.2, -0.15) is 0 Å². The average molecular weight is 323 g/mol. The number of nitrogens with one attached hydrogen (secondary N) is 1. The zero-order valence-corrected chi connectivity index (χ0v) is 10.5. The van der Waals surface area contributed by atoms with Crippen LogP contribution in [0.15, 0.2) is 22.8 Å². The minimum atomic E-state index is -2.82. The first kappa shape index (κ1) is 14.5. The lowest BCUT2D eigenvalue weighted by molar-refractivity contribution is -0.140. The number of hydrogen-bond acceptors (Lipinski definition) is 3. The molecule has 1 rings (SSSR count). The summed E-state index contributed by atoms with van der Waals surface area (Å²) in [4.78, 5) is 26.0. The lowest BCUT2D eigenvalue weighted by Gasteiger charge is -2.13. The third-order valence-electron chi connectivity index (χ3n) is 1.98. The second-order valence-electron chi connectivity index (χ2n) is 3.35. The summed E-state index contributed by atoms with van der Waals surface area (Å²) in [6.45, 7) is 0. The molecule has 0 aliphatic heterocycles. The Morgan fingerprint density at radius 2 is 2.11 bits per heavy atom. The number of hydrogen-bond donors (Lipinski definition) is 2. The van der Waals surface area contributed by atoms with Crippen molar-refractivity contribution in [2.45, 2.75) is 18.9 Å². The fourth-order valence-electron chi connectivity index (χ4n) is 1.14. The summed E-state index contributed by atoms with van der Waals surface area (Å²) in [6.07, 6.45) is -2.42. The van der Waals surface area contributed by atoms with Crippen LogP contribution in [0.2, 0.25) is 0 Å². The van der Waals surface area contributed by atoms with Crippen LogP contribution < -0.4 is 5.32 Å². The molecule has 0 aliphatic carbocycles. The lowest BCUT2D eigenvalue weighted by atomic mass is 10.2. The summed E-state index contributed by atoms with van der Waals surface area (Å²) in [5.41, 5.74) is -0.0429. The van der Waals surface area contributed by atoms with Gasteiger partial charge in [-0.05, 0) is 28.1 Å². The fourth-order valence-corrected chi connectivity index (χ4v) is 1.38. The van der Waals surface area contributed by atoms with Crippen LogP contribution in [0.3, 0.4) is 0 Å². The normalized spacial score (nSPS) is 12.2. The molecular weight excluding hydrogens is 314 g/mol. The predicted octanol–water partition coefficient (Wildman–Crippen LogP) is 1.68. The number of aromatic nitrogens is 1. The first-order valence-electron chi connectivity index (χ1n) is 4.83. The zero-order valence-electron chi connectivity index (χ0n) is 8.94. The van der Waals surface area contributed by atoms with E-state index < -0.39 is 30.8 Å². The van der Waals surface area contributed by atoms with E-state index in [-0.39, 0.29) is 5.69 Å². The SMILES string of the molecule is O=C(NC(CC(F)F)C(=O)O)c1ccc(Br)cn1. The van der Waals surface area contributed by atoms with Crippen molar-refractivity contribution >= 4 is 27.8 Å². The molecule has 1 unspecified atom stereocenters. The molecule has 0 aromatic carbocycles. The van der Waals surface area contributed by atoms with Gasteiger partial charge in [0.2, 0.25) is 6.43 Å². The van der Waals surface area contributed by atoms with Crippen molar-refractivity contribution in [3.63, 3.8) is 0 Å². The molecule has 2 N–H and O–H groups in total. The molecule has 0 saturated heterocycles. The van der Waals surface area contributed by atoms with Gasteiger partial charge in [0.25, 0.3) is 5.91 Å². The second kappa shape index (κ2) is 6.39. The quantitative estimate of drug-likeness (QED) is 0.864. The van der Waals surface area contributed by atoms with E-state index in [0.29, 0.717) is 4.47 Å². The van der Waals surface area contributed by atoms with Crippen LogP contribution in [0.4, 0.5) is 8.78 Å². The number of rotatable bonds is 5. The zero-order chi connectivity index (χ0) is 13.7. The summed E-state index contributed by atoms with van der Waals surface area (Å²) < 4.78 is 24.9. The van der Waals surface area contributed by atoms with E-state index in [0.717, 1.165) is 0 Å². The number of amides is 1. The number of halogens is 3. The summed E-state index contributed by atoms with van der Waals surface area (Å²) in [6, 6.07) is 1.24. The van der Waals surface area contributed by atoms with E-state index in [2.05, 4.69) is 20.9 Å². The van der Waals surface area contributed by atoms with Crippen LogP contribution in [0.25, 0.3) is 0 Å². The van der Waals surface area contributed by atoms with Crippen molar-refractivity contribution in [1.82, 2.24) is 10.3 Å². The molecule has 0 spiro atoms. The third kappa shape index (κ3) is 4.36. The third-order valence-corrected chi connectivity index (χ3v) is 2.45. The van der Waals surface area contributed by atoms with Crippen LogP contribution in [0.5, 0.6) is 0 Å². The monoisotopic (exact) mass is 322 g/mol. The minimum absolute atomic E-state index is 0.0429. The van der Waals surface area contributed by atoms with Crippen LogP contribution in [-0.4, -0.2) is 34.4 Å². The molecule has 1 aromatic rings. The molecule has 1 atom stereocenters. The van der Waals surface area contributed by atoms with Crippen LogP contribution in [0, 0.1) is 0 Å². The Balaban J connectivity index is 2.72. The molecule has 0 bridgehead atoms. The number of alkyl halides is 2. The molecule has 1 aromatic heterocycles. The Labute approximate surface area is 109 Å². The van der Waals surface area contributed by atoms with Crippen molar-refractivity contribution < 1.29 is 23.5 Å². The van der Waals surface area contributed by atoms with E-state index in [9.17, 15) is 18.4 Å². The molecule has 18 heavy (non-hydrogen) atoms. The van der Waals surface area contributed by atoms with Gasteiger partial charge in [0.1, 0.15) is 11.7 Å². The van der Waals surface area contributed by atoms with E-state index in [1.807, 2.05) is 5.32 Å². The molecule has 0 aliphatic rings. The first-order valence-corrected chi connectivity index (χ1v) is 5.63. The van der Waals surface area contributed by atoms with Gasteiger partial charge in [-0.25, -0.2) is 18.6 Å². The van der Waals surface area contributed by atoms with Crippen LogP contribution in [-0.2, 0) is 4.79 Å². The van der Waals surface area contributed by atoms with Crippen LogP contribution >= 0.6 is 15.9 Å². The van der Waals surface area contributed by atoms with Crippen molar-refractivity contribution in [1.29, 1.82) is 0 Å². The highest BCUT2D eigenvalue weighted by Gasteiger charge is 2.24. The molecule has 8 heteroatoms. The Bertz CT molecular complexity index is 439. The standard InChI is InChI=1S/C10H9BrF2N2O3/c11-5-1-2-6(14-4-5)9(16)15-7(10(17)18)3-8(12)13/h1-2,4,7-8H,3H2,(H,15,16)(H,17,18). The lowest BCUT2D eigenvalue weighted by Crippen LogP contribution is -2.42. The number of carboxylic acid groups (broad SMARTS) is 1. The largest absolute Gasteiger partial charge is 0.480 e. The van der Waals surface area contributed by atoms with Gasteiger partial charge in [-0.15, -0.1) is 0 Å². The minimum Gasteiger partial charge on any atom is -0.480 e. The maximum atomic E-state index is 12.1. The summed E-state index contributed by atoms with van der Waals surface area (Å²) in [5, 5.41) is 10.7. The van der Waals surface area contributed by atoms with E-state index >= 15 is 0 Å². The summed E-state index contributed by atoms with van der Waals surface area (Å²) >= 11 is 3.11. The van der Waals surface area contributed by atoms with Gasteiger partial charge in [-0.3, -0.25) is 4.79 Å². The molecule has 98 valence electrons. The fraction of sp³-hybridized carbons (Fsp3) is 0.300. The van der Waals surface area contributed by atoms with Gasteiger partial charge >= 0.3 is 5.97 Å². The Hall–Kier alpha value is -1.57. The maximum Gasteiger partial charge on any atom is 0.326 e. The number of carbonyl (C=O) groups excluding carboxylic acids is 1. The number of carbonyl (C=O) groups is 2. The Morgan fingerprint density at radius 3 is 2.56 bits per heavy atom. The van der Waals surface area contributed by atoms with Crippen molar-refractivity contribution in [2.75, 3.05) is 0 Å². The van der Waals surface area contributed by atoms with E-state index in [1.165, 1.54) is 18.3 Å². The summed E-state index contributed by atoms with van der Waals surface area (Å²) in [7, 11) is 0. The Kier molecular flexibility index (Phi) is 5.14. The highest BCUT2D eigenvalue weighted by molar-refractivity contribution is 9.10. The molecular formula is C10H9BrF2N2O3. The molecule has 0 saturated carbocycles. The van der Waals surface area contributed by atoms with E-state index in [4.69, 9.17) is 5.11 Å². The molecule has 0 radical (unpaired) electrons. The molecule has 0 fully saturated rings. The van der Waals surface area contributed by atoms with Crippen molar-refractivity contribution in [3.8, 4) is 0 Å². The number of pyridine rings is 1. The number of carboxylic acids is 1. The van der Waals surface area contributed by atoms with Gasteiger partial charge in [-0.1, -0.05) is 0 Å². The van der Waals surface area contributed by atoms with Crippen LogP contribution in [0.1, 0.15) is 16.9 Å². The van der Waals surface area contributed by atoms with Gasteiger partial charge in [0, 0.05) is 17.1 Å². The van der Waals surface area contributed by atoms with E-state index in [1.54, 1.807) is 0 Å². The highest BCUT2D eigenvalue weighted by Crippen LogP contribution is 2.09. The predicted molar refractivity (Wildman–Crippen MR) is 61.4 cm³/mol. The summed E-state index contributed by atoms with van der Waals surface area (Å²) in [5.74, 6) is -2.32. The molecule has 1 amide bonds. The Morgan fingerprint density at radius 1 is 1.44 bits per heavy atom. The van der Waals surface area contributed by atoms with Gasteiger partial charge in [0.15, 0.2) is 0 Å². The highest BCUT2D eigenvalue weighted by atomic mass is 79.9. The molecule has 1 heterocycles. The van der Waals surface area contributed by atoms with Gasteiger partial charge < -0.3 is 10.4 Å². The van der Waals surface area contributed by atoms with Crippen molar-refractivity contribution in [2.24, 2.45) is 0 Å². The van der Waals surface area contributed by atoms with Gasteiger partial charge in [0.05, 0.1) is 0 Å². The topological polar surface area (TPSA) is 79.3 Å². The smallest absolute Gasteiger partial charge is 0.326 e. The number of nitrogens with zero attached hydrogens (tertiary/aromatic N) is 1. The first-order chi connectivity index (χ1) is 8.40. The second-order valence-corrected chi connectivity index (χ2v) is 4.27. The number of aliphatic carboxylic acids is 1. The average Bonchev–Trinajstić information content (AvgIpc) is 2.28. The van der Waals surface area contributed by atoms with Crippen molar-refractivity contribution in [3.05, 3.63) is 28.5 Å². The molecule has 5 nitrogen and oxygen atoms in total. The maximum absolute atomic E-state index is 12.1.